The number of fused-ring (bicyclic) bond motifs is 2. The van der Waals surface area contributed by atoms with E-state index in [0.29, 0.717) is 22.6 Å². The van der Waals surface area contributed by atoms with E-state index in [2.05, 4.69) is 11.1 Å². The molecule has 0 aliphatic carbocycles. The van der Waals surface area contributed by atoms with Crippen LogP contribution in [0.25, 0.3) is 0 Å². The Morgan fingerprint density at radius 2 is 1.51 bits per heavy atom. The number of H-pyrrole nitrogens is 1. The van der Waals surface area contributed by atoms with Crippen LogP contribution < -0.4 is 20.7 Å². The first kappa shape index (κ1) is 44.1. The highest BCUT2D eigenvalue weighted by Crippen LogP contribution is 2.56. The molecule has 2 aliphatic heterocycles. The zero-order valence-corrected chi connectivity index (χ0v) is 36.2. The molecule has 1 aromatic heterocycles. The number of rotatable bonds is 17. The van der Waals surface area contributed by atoms with Crippen LogP contribution in [0.5, 0.6) is 11.5 Å². The van der Waals surface area contributed by atoms with Gasteiger partial charge in [0.15, 0.2) is 6.23 Å². The van der Waals surface area contributed by atoms with Crippen LogP contribution in [-0.4, -0.2) is 97.0 Å². The van der Waals surface area contributed by atoms with Gasteiger partial charge in [-0.1, -0.05) is 54.6 Å². The van der Waals surface area contributed by atoms with Crippen molar-refractivity contribution in [1.82, 2.24) is 18.5 Å². The van der Waals surface area contributed by atoms with Crippen LogP contribution in [0.2, 0.25) is 0 Å². The molecule has 2 saturated heterocycles. The third kappa shape index (κ3) is 8.62. The van der Waals surface area contributed by atoms with Crippen molar-refractivity contribution in [3.05, 3.63) is 128 Å². The summed E-state index contributed by atoms with van der Waals surface area (Å²) >= 11 is 0. The lowest BCUT2D eigenvalue weighted by molar-refractivity contribution is -0.146. The Kier molecular flexibility index (Phi) is 13.5. The van der Waals surface area contributed by atoms with Gasteiger partial charge in [0.2, 0.25) is 10.0 Å². The van der Waals surface area contributed by atoms with Crippen molar-refractivity contribution >= 4 is 18.5 Å². The molecule has 0 radical (unpaired) electrons. The van der Waals surface area contributed by atoms with Crippen LogP contribution >= 0.6 is 8.53 Å². The number of hydrogen-bond donors (Lipinski definition) is 1. The van der Waals surface area contributed by atoms with Crippen molar-refractivity contribution in [2.24, 2.45) is 0 Å². The predicted octanol–water partition coefficient (Wildman–Crippen LogP) is 5.44. The molecule has 316 valence electrons. The second-order valence-corrected chi connectivity index (χ2v) is 18.6. The summed E-state index contributed by atoms with van der Waals surface area (Å²) in [6.07, 6.45) is -0.919. The van der Waals surface area contributed by atoms with E-state index in [4.69, 9.17) is 28.0 Å². The summed E-state index contributed by atoms with van der Waals surface area (Å²) in [5.74, 6) is 0.649. The number of aromatic nitrogens is 2. The number of sulfonamides is 1. The topological polar surface area (TPSA) is 175 Å². The molecular weight excluding hydrogens is 798 g/mol. The number of aromatic amines is 1. The molecular formula is C42H52N5O10PS. The minimum Gasteiger partial charge on any atom is -0.497 e. The maximum absolute atomic E-state index is 14.4. The first-order valence-corrected chi connectivity index (χ1v) is 22.1. The minimum atomic E-state index is -4.11. The smallest absolute Gasteiger partial charge is 0.330 e. The fourth-order valence-corrected chi connectivity index (χ4v) is 11.5. The van der Waals surface area contributed by atoms with Gasteiger partial charge in [-0.25, -0.2) is 17.9 Å². The monoisotopic (exact) mass is 849 g/mol. The molecule has 6 rings (SSSR count). The second-order valence-electron chi connectivity index (χ2n) is 15.2. The van der Waals surface area contributed by atoms with Crippen molar-refractivity contribution in [3.63, 3.8) is 0 Å². The van der Waals surface area contributed by atoms with Gasteiger partial charge >= 0.3 is 5.69 Å². The van der Waals surface area contributed by atoms with E-state index >= 15 is 0 Å². The van der Waals surface area contributed by atoms with Gasteiger partial charge in [0.25, 0.3) is 14.1 Å². The molecule has 5 atom stereocenters. The molecule has 59 heavy (non-hydrogen) atoms. The van der Waals surface area contributed by atoms with Crippen molar-refractivity contribution in [2.75, 3.05) is 40.2 Å². The maximum atomic E-state index is 14.4. The van der Waals surface area contributed by atoms with Crippen LogP contribution in [-0.2, 0) is 34.1 Å². The third-order valence-electron chi connectivity index (χ3n) is 10.8. The quantitative estimate of drug-likeness (QED) is 0.0811. The fourth-order valence-electron chi connectivity index (χ4n) is 7.93. The van der Waals surface area contributed by atoms with E-state index in [1.165, 1.54) is 22.1 Å². The number of nitriles is 1. The van der Waals surface area contributed by atoms with Crippen LogP contribution in [0.3, 0.4) is 0 Å². The first-order chi connectivity index (χ1) is 28.1. The van der Waals surface area contributed by atoms with E-state index in [1.807, 2.05) is 111 Å². The minimum absolute atomic E-state index is 0.0576. The number of benzene rings is 3. The van der Waals surface area contributed by atoms with Crippen LogP contribution in [0.15, 0.2) is 94.6 Å². The first-order valence-electron chi connectivity index (χ1n) is 19.3. The van der Waals surface area contributed by atoms with Gasteiger partial charge in [0.1, 0.15) is 28.8 Å². The average molecular weight is 850 g/mol. The molecule has 1 N–H and O–H groups in total. The normalized spacial score (nSPS) is 22.1. The van der Waals surface area contributed by atoms with Gasteiger partial charge < -0.3 is 28.0 Å². The number of likely N-dealkylation sites (N-methyl/N-ethyl adjacent to an activating group) is 1. The predicted molar refractivity (Wildman–Crippen MR) is 223 cm³/mol. The summed E-state index contributed by atoms with van der Waals surface area (Å²) in [5.41, 5.74) is -2.18. The maximum Gasteiger partial charge on any atom is 0.330 e. The highest BCUT2D eigenvalue weighted by Gasteiger charge is 2.67. The zero-order valence-electron chi connectivity index (χ0n) is 34.5. The summed E-state index contributed by atoms with van der Waals surface area (Å²) in [6, 6.07) is 25.2. The summed E-state index contributed by atoms with van der Waals surface area (Å²) in [6.45, 7) is 9.23. The van der Waals surface area contributed by atoms with E-state index in [9.17, 15) is 23.3 Å². The SMILES string of the molecule is COc1ccc(C(OC[C@@]23CS(=O)(=O)N(C)C([C@H](n4cc(C)c(=O)[nH]c4=O)O2)[C@@H]3OP(OCCC#N)N(C(C)C)C(C)C)(c2ccccc2)c2ccc(OC)cc2)cc1. The lowest BCUT2D eigenvalue weighted by atomic mass is 9.79. The van der Waals surface area contributed by atoms with Crippen molar-refractivity contribution in [1.29, 1.82) is 5.26 Å². The Balaban J connectivity index is 1.59. The summed E-state index contributed by atoms with van der Waals surface area (Å²) in [7, 11) is -1.49. The van der Waals surface area contributed by atoms with Crippen molar-refractivity contribution in [3.8, 4) is 17.6 Å². The average Bonchev–Trinajstić information content (AvgIpc) is 3.46. The molecule has 2 aliphatic rings. The number of hydrogen-bond acceptors (Lipinski definition) is 12. The standard InChI is InChI=1S/C42H52N5O10PS/c1-28(2)47(29(3)4)58(55-24-12-23-43)57-37-36-39(46-25-30(5)38(48)44-40(46)49)56-41(37,27-59(50,51)45(36)6)26-54-42(31-13-10-9-11-14-31,32-15-19-34(52-7)20-16-32)33-17-21-35(53-8)22-18-33/h9-11,13-22,25,28-29,36-37,39H,12,24,26-27H2,1-8H3,(H,44,48,49)/t36?,37-,39+,41-,58?/m0/s1. The van der Waals surface area contributed by atoms with E-state index in [1.54, 1.807) is 21.1 Å². The van der Waals surface area contributed by atoms with Gasteiger partial charge in [0.05, 0.1) is 51.7 Å². The molecule has 2 unspecified atom stereocenters. The number of methoxy groups -OCH3 is 2. The molecule has 3 aromatic carbocycles. The number of nitrogens with zero attached hydrogens (tertiary/aromatic N) is 4. The Morgan fingerprint density at radius 3 is 2.03 bits per heavy atom. The van der Waals surface area contributed by atoms with Gasteiger partial charge in [0, 0.05) is 30.9 Å². The van der Waals surface area contributed by atoms with Crippen molar-refractivity contribution in [2.45, 2.75) is 82.7 Å². The Labute approximate surface area is 346 Å². The Hall–Kier alpha value is -4.43. The fraction of sp³-hybridized carbons (Fsp3) is 0.452. The number of aryl methyl sites for hydroxylation is 1. The van der Waals surface area contributed by atoms with Crippen LogP contribution in [0.4, 0.5) is 0 Å². The molecule has 0 saturated carbocycles. The second kappa shape index (κ2) is 18.0. The van der Waals surface area contributed by atoms with Gasteiger partial charge in [-0.3, -0.25) is 14.3 Å². The lowest BCUT2D eigenvalue weighted by Gasteiger charge is -2.46. The molecule has 2 fully saturated rings. The molecule has 0 spiro atoms. The Bertz CT molecular complexity index is 2280. The highest BCUT2D eigenvalue weighted by molar-refractivity contribution is 7.89. The molecule has 4 aromatic rings. The van der Waals surface area contributed by atoms with Gasteiger partial charge in [-0.15, -0.1) is 0 Å². The lowest BCUT2D eigenvalue weighted by Crippen LogP contribution is -2.63. The van der Waals surface area contributed by atoms with Crippen LogP contribution in [0, 0.1) is 18.3 Å². The molecule has 2 bridgehead atoms. The number of ether oxygens (including phenoxy) is 4. The number of nitrogens with one attached hydrogen (secondary N) is 1. The summed E-state index contributed by atoms with van der Waals surface area (Å²) < 4.78 is 72.0. The third-order valence-corrected chi connectivity index (χ3v) is 14.8. The van der Waals surface area contributed by atoms with Gasteiger partial charge in [-0.2, -0.15) is 9.57 Å². The molecule has 15 nitrogen and oxygen atoms in total. The van der Waals surface area contributed by atoms with Crippen molar-refractivity contribution < 1.29 is 36.4 Å². The van der Waals surface area contributed by atoms with E-state index in [0.717, 1.165) is 5.56 Å². The zero-order chi connectivity index (χ0) is 42.7. The van der Waals surface area contributed by atoms with Crippen LogP contribution in [0.1, 0.15) is 62.6 Å². The summed E-state index contributed by atoms with van der Waals surface area (Å²) in [5, 5.41) is 9.44. The largest absolute Gasteiger partial charge is 0.497 e. The Morgan fingerprint density at radius 1 is 0.949 bits per heavy atom. The van der Waals surface area contributed by atoms with Gasteiger partial charge in [-0.05, 0) is 75.6 Å². The highest BCUT2D eigenvalue weighted by atomic mass is 32.2. The molecule has 17 heteroatoms. The molecule has 0 amide bonds. The van der Waals surface area contributed by atoms with E-state index < -0.39 is 65.1 Å². The summed E-state index contributed by atoms with van der Waals surface area (Å²) in [4.78, 5) is 28.5. The van der Waals surface area contributed by atoms with E-state index in [-0.39, 0.29) is 37.3 Å². The molecule has 3 heterocycles.